The first kappa shape index (κ1) is 13.6. The van der Waals surface area contributed by atoms with Crippen LogP contribution in [-0.2, 0) is 6.61 Å². The third-order valence-corrected chi connectivity index (χ3v) is 3.08. The van der Waals surface area contributed by atoms with Gasteiger partial charge in [-0.3, -0.25) is 0 Å². The van der Waals surface area contributed by atoms with Crippen LogP contribution in [0.5, 0.6) is 11.5 Å². The van der Waals surface area contributed by atoms with Gasteiger partial charge < -0.3 is 15.2 Å². The van der Waals surface area contributed by atoms with Crippen LogP contribution >= 0.6 is 11.6 Å². The highest BCUT2D eigenvalue weighted by molar-refractivity contribution is 6.32. The van der Waals surface area contributed by atoms with E-state index in [1.807, 2.05) is 37.3 Å². The Kier molecular flexibility index (Phi) is 4.17. The zero-order valence-corrected chi connectivity index (χ0v) is 11.7. The summed E-state index contributed by atoms with van der Waals surface area (Å²) in [5.74, 6) is 1.37. The maximum absolute atomic E-state index is 6.12. The Bertz CT molecular complexity index is 584. The van der Waals surface area contributed by atoms with Gasteiger partial charge in [-0.1, -0.05) is 17.7 Å². The number of rotatable bonds is 4. The van der Waals surface area contributed by atoms with E-state index in [0.29, 0.717) is 28.8 Å². The van der Waals surface area contributed by atoms with Crippen LogP contribution in [-0.4, -0.2) is 7.11 Å². The molecule has 0 amide bonds. The maximum atomic E-state index is 6.12. The SMILES string of the molecule is COc1cc(N)ccc1COc1ccc(C)cc1Cl. The zero-order valence-electron chi connectivity index (χ0n) is 10.9. The predicted octanol–water partition coefficient (Wildman–Crippen LogP) is 3.82. The van der Waals surface area contributed by atoms with Crippen LogP contribution in [0.15, 0.2) is 36.4 Å². The highest BCUT2D eigenvalue weighted by Gasteiger charge is 2.06. The normalized spacial score (nSPS) is 10.3. The Balaban J connectivity index is 2.14. The highest BCUT2D eigenvalue weighted by Crippen LogP contribution is 2.28. The number of nitrogen functional groups attached to an aromatic ring is 1. The number of nitrogens with two attached hydrogens (primary N) is 1. The fourth-order valence-corrected chi connectivity index (χ4v) is 2.05. The smallest absolute Gasteiger partial charge is 0.138 e. The minimum absolute atomic E-state index is 0.381. The maximum Gasteiger partial charge on any atom is 0.138 e. The number of benzene rings is 2. The predicted molar refractivity (Wildman–Crippen MR) is 77.9 cm³/mol. The minimum Gasteiger partial charge on any atom is -0.496 e. The van der Waals surface area contributed by atoms with Crippen molar-refractivity contribution in [1.82, 2.24) is 0 Å². The molecule has 2 rings (SSSR count). The first-order valence-electron chi connectivity index (χ1n) is 5.91. The monoisotopic (exact) mass is 277 g/mol. The van der Waals surface area contributed by atoms with E-state index in [2.05, 4.69) is 0 Å². The number of ether oxygens (including phenoxy) is 2. The summed E-state index contributed by atoms with van der Waals surface area (Å²) >= 11 is 6.12. The van der Waals surface area contributed by atoms with E-state index < -0.39 is 0 Å². The van der Waals surface area contributed by atoms with E-state index in [-0.39, 0.29) is 0 Å². The average Bonchev–Trinajstić information content (AvgIpc) is 2.39. The van der Waals surface area contributed by atoms with Gasteiger partial charge in [-0.25, -0.2) is 0 Å². The third-order valence-electron chi connectivity index (χ3n) is 2.78. The molecule has 0 saturated carbocycles. The molecule has 2 N–H and O–H groups in total. The van der Waals surface area contributed by atoms with Gasteiger partial charge in [0.1, 0.15) is 18.1 Å². The van der Waals surface area contributed by atoms with Gasteiger partial charge in [-0.15, -0.1) is 0 Å². The highest BCUT2D eigenvalue weighted by atomic mass is 35.5. The lowest BCUT2D eigenvalue weighted by Gasteiger charge is -2.12. The van der Waals surface area contributed by atoms with E-state index in [1.165, 1.54) is 0 Å². The summed E-state index contributed by atoms with van der Waals surface area (Å²) in [7, 11) is 1.61. The summed E-state index contributed by atoms with van der Waals surface area (Å²) in [6.07, 6.45) is 0. The van der Waals surface area contributed by atoms with Gasteiger partial charge in [0.25, 0.3) is 0 Å². The second-order valence-electron chi connectivity index (χ2n) is 4.29. The average molecular weight is 278 g/mol. The third kappa shape index (κ3) is 3.32. The molecule has 0 spiro atoms. The topological polar surface area (TPSA) is 44.5 Å². The van der Waals surface area contributed by atoms with Crippen molar-refractivity contribution in [3.8, 4) is 11.5 Å². The number of anilines is 1. The lowest BCUT2D eigenvalue weighted by Crippen LogP contribution is -2.00. The molecule has 0 atom stereocenters. The lowest BCUT2D eigenvalue weighted by molar-refractivity contribution is 0.297. The zero-order chi connectivity index (χ0) is 13.8. The van der Waals surface area contributed by atoms with Gasteiger partial charge in [0.05, 0.1) is 12.1 Å². The van der Waals surface area contributed by atoms with Crippen molar-refractivity contribution in [3.63, 3.8) is 0 Å². The summed E-state index contributed by atoms with van der Waals surface area (Å²) in [6.45, 7) is 2.37. The van der Waals surface area contributed by atoms with E-state index in [0.717, 1.165) is 11.1 Å². The standard InChI is InChI=1S/C15H16ClNO2/c1-10-3-6-14(13(16)7-10)19-9-11-4-5-12(17)8-15(11)18-2/h3-8H,9,17H2,1-2H3. The molecule has 0 bridgehead atoms. The molecule has 0 radical (unpaired) electrons. The Hall–Kier alpha value is -1.87. The van der Waals surface area contributed by atoms with Crippen molar-refractivity contribution in [1.29, 1.82) is 0 Å². The first-order valence-corrected chi connectivity index (χ1v) is 6.29. The molecule has 0 aliphatic rings. The van der Waals surface area contributed by atoms with Gasteiger partial charge in [0.2, 0.25) is 0 Å². The molecule has 0 unspecified atom stereocenters. The van der Waals surface area contributed by atoms with E-state index in [4.69, 9.17) is 26.8 Å². The minimum atomic E-state index is 0.381. The Morgan fingerprint density at radius 2 is 1.89 bits per heavy atom. The summed E-state index contributed by atoms with van der Waals surface area (Å²) in [4.78, 5) is 0. The van der Waals surface area contributed by atoms with Gasteiger partial charge in [0, 0.05) is 17.3 Å². The van der Waals surface area contributed by atoms with Crippen LogP contribution in [0.2, 0.25) is 5.02 Å². The van der Waals surface area contributed by atoms with Crippen LogP contribution in [0.1, 0.15) is 11.1 Å². The van der Waals surface area contributed by atoms with Crippen molar-refractivity contribution in [2.75, 3.05) is 12.8 Å². The van der Waals surface area contributed by atoms with E-state index in [9.17, 15) is 0 Å². The molecular weight excluding hydrogens is 262 g/mol. The van der Waals surface area contributed by atoms with Gasteiger partial charge in [0.15, 0.2) is 0 Å². The van der Waals surface area contributed by atoms with Crippen LogP contribution < -0.4 is 15.2 Å². The summed E-state index contributed by atoms with van der Waals surface area (Å²) in [5.41, 5.74) is 8.39. The summed E-state index contributed by atoms with van der Waals surface area (Å²) in [5, 5.41) is 0.606. The van der Waals surface area contributed by atoms with Gasteiger partial charge in [-0.05, 0) is 36.8 Å². The van der Waals surface area contributed by atoms with Crippen LogP contribution in [0, 0.1) is 6.92 Å². The van der Waals surface area contributed by atoms with Crippen molar-refractivity contribution in [2.45, 2.75) is 13.5 Å². The Morgan fingerprint density at radius 3 is 2.58 bits per heavy atom. The molecular formula is C15H16ClNO2. The van der Waals surface area contributed by atoms with Gasteiger partial charge >= 0.3 is 0 Å². The second kappa shape index (κ2) is 5.85. The number of hydrogen-bond acceptors (Lipinski definition) is 3. The Labute approximate surface area is 117 Å². The molecule has 0 aromatic heterocycles. The van der Waals surface area contributed by atoms with Crippen molar-refractivity contribution in [3.05, 3.63) is 52.5 Å². The largest absolute Gasteiger partial charge is 0.496 e. The molecule has 2 aromatic rings. The molecule has 0 fully saturated rings. The first-order chi connectivity index (χ1) is 9.10. The lowest BCUT2D eigenvalue weighted by atomic mass is 10.2. The molecule has 0 heterocycles. The molecule has 2 aromatic carbocycles. The quantitative estimate of drug-likeness (QED) is 0.864. The molecule has 0 saturated heterocycles. The van der Waals surface area contributed by atoms with Crippen molar-refractivity contribution < 1.29 is 9.47 Å². The second-order valence-corrected chi connectivity index (χ2v) is 4.70. The molecule has 4 heteroatoms. The van der Waals surface area contributed by atoms with Gasteiger partial charge in [-0.2, -0.15) is 0 Å². The van der Waals surface area contributed by atoms with Crippen LogP contribution in [0.4, 0.5) is 5.69 Å². The fraction of sp³-hybridized carbons (Fsp3) is 0.200. The molecule has 100 valence electrons. The summed E-state index contributed by atoms with van der Waals surface area (Å²) in [6, 6.07) is 11.2. The van der Waals surface area contributed by atoms with Crippen LogP contribution in [0.3, 0.4) is 0 Å². The van der Waals surface area contributed by atoms with E-state index >= 15 is 0 Å². The number of aryl methyl sites for hydroxylation is 1. The van der Waals surface area contributed by atoms with Crippen LogP contribution in [0.25, 0.3) is 0 Å². The van der Waals surface area contributed by atoms with Crippen molar-refractivity contribution in [2.24, 2.45) is 0 Å². The Morgan fingerprint density at radius 1 is 1.11 bits per heavy atom. The fourth-order valence-electron chi connectivity index (χ4n) is 1.76. The number of methoxy groups -OCH3 is 1. The molecule has 0 aliphatic heterocycles. The number of hydrogen-bond donors (Lipinski definition) is 1. The molecule has 0 aliphatic carbocycles. The number of halogens is 1. The molecule has 19 heavy (non-hydrogen) atoms. The summed E-state index contributed by atoms with van der Waals surface area (Å²) < 4.78 is 11.0. The van der Waals surface area contributed by atoms with Crippen molar-refractivity contribution >= 4 is 17.3 Å². The van der Waals surface area contributed by atoms with E-state index in [1.54, 1.807) is 13.2 Å². The molecule has 3 nitrogen and oxygen atoms in total.